The summed E-state index contributed by atoms with van der Waals surface area (Å²) in [4.78, 5) is 17.5. The zero-order chi connectivity index (χ0) is 16.6. The van der Waals surface area contributed by atoms with Gasteiger partial charge in [0.25, 0.3) is 5.91 Å². The first-order chi connectivity index (χ1) is 11.0. The number of aryl methyl sites for hydroxylation is 2. The van der Waals surface area contributed by atoms with Crippen molar-refractivity contribution in [2.24, 2.45) is 7.05 Å². The van der Waals surface area contributed by atoms with E-state index in [1.807, 2.05) is 36.5 Å². The number of carbonyl (C=O) groups is 1. The molecule has 0 saturated carbocycles. The van der Waals surface area contributed by atoms with Gasteiger partial charge in [-0.1, -0.05) is 0 Å². The smallest absolute Gasteiger partial charge is 0.256 e. The van der Waals surface area contributed by atoms with Crippen molar-refractivity contribution < 1.29 is 9.53 Å². The molecule has 23 heavy (non-hydrogen) atoms. The zero-order valence-electron chi connectivity index (χ0n) is 13.5. The Kier molecular flexibility index (Phi) is 3.92. The topological polar surface area (TPSA) is 86.9 Å². The van der Waals surface area contributed by atoms with Gasteiger partial charge in [0, 0.05) is 31.0 Å². The Morgan fingerprint density at radius 1 is 1.52 bits per heavy atom. The summed E-state index contributed by atoms with van der Waals surface area (Å²) in [6.07, 6.45) is 1.58. The van der Waals surface area contributed by atoms with Gasteiger partial charge in [0.15, 0.2) is 0 Å². The van der Waals surface area contributed by atoms with E-state index in [0.29, 0.717) is 31.0 Å². The number of ether oxygens (including phenoxy) is 1. The van der Waals surface area contributed by atoms with Gasteiger partial charge in [-0.3, -0.25) is 9.48 Å². The number of amides is 1. The summed E-state index contributed by atoms with van der Waals surface area (Å²) in [5.41, 5.74) is 3.85. The third-order valence-corrected chi connectivity index (χ3v) is 4.34. The third kappa shape index (κ3) is 2.62. The van der Waals surface area contributed by atoms with Crippen LogP contribution in [0.25, 0.3) is 0 Å². The predicted molar refractivity (Wildman–Crippen MR) is 82.8 cm³/mol. The summed E-state index contributed by atoms with van der Waals surface area (Å²) in [5, 5.41) is 13.4. The minimum atomic E-state index is -0.162. The van der Waals surface area contributed by atoms with E-state index in [-0.39, 0.29) is 11.9 Å². The van der Waals surface area contributed by atoms with Crippen LogP contribution in [0, 0.1) is 25.2 Å². The van der Waals surface area contributed by atoms with E-state index in [9.17, 15) is 4.79 Å². The van der Waals surface area contributed by atoms with Crippen LogP contribution in [0.15, 0.2) is 12.3 Å². The minimum Gasteiger partial charge on any atom is -0.377 e. The van der Waals surface area contributed by atoms with Gasteiger partial charge < -0.3 is 14.6 Å². The Morgan fingerprint density at radius 3 is 2.91 bits per heavy atom. The molecule has 0 aromatic carbocycles. The average molecular weight is 313 g/mol. The van der Waals surface area contributed by atoms with Crippen molar-refractivity contribution in [3.63, 3.8) is 0 Å². The second-order valence-electron chi connectivity index (χ2n) is 5.71. The van der Waals surface area contributed by atoms with Crippen molar-refractivity contribution in [2.45, 2.75) is 19.9 Å². The van der Waals surface area contributed by atoms with Gasteiger partial charge >= 0.3 is 0 Å². The van der Waals surface area contributed by atoms with Crippen LogP contribution in [0.3, 0.4) is 0 Å². The summed E-state index contributed by atoms with van der Waals surface area (Å²) >= 11 is 0. The van der Waals surface area contributed by atoms with Gasteiger partial charge in [-0.15, -0.1) is 0 Å². The maximum Gasteiger partial charge on any atom is 0.256 e. The monoisotopic (exact) mass is 313 g/mol. The maximum atomic E-state index is 12.9. The van der Waals surface area contributed by atoms with Gasteiger partial charge in [-0.05, 0) is 19.9 Å². The number of aromatic nitrogens is 3. The van der Waals surface area contributed by atoms with E-state index in [1.165, 1.54) is 0 Å². The molecule has 2 aromatic heterocycles. The fourth-order valence-corrected chi connectivity index (χ4v) is 3.11. The number of nitrogens with zero attached hydrogens (tertiary/aromatic N) is 4. The minimum absolute atomic E-state index is 0.0984. The Hall–Kier alpha value is -2.59. The number of aromatic amines is 1. The SMILES string of the molecule is Cc1nn(C)c(C)c1C1COCCN1C(=O)c1c[nH]c(C#N)c1. The molecule has 1 saturated heterocycles. The molecule has 3 heterocycles. The van der Waals surface area contributed by atoms with Gasteiger partial charge in [0.1, 0.15) is 11.8 Å². The molecule has 120 valence electrons. The van der Waals surface area contributed by atoms with Crippen molar-refractivity contribution in [1.82, 2.24) is 19.7 Å². The first-order valence-corrected chi connectivity index (χ1v) is 7.50. The molecule has 1 N–H and O–H groups in total. The lowest BCUT2D eigenvalue weighted by molar-refractivity contribution is -0.00303. The molecular weight excluding hydrogens is 294 g/mol. The van der Waals surface area contributed by atoms with E-state index in [1.54, 1.807) is 12.3 Å². The number of nitriles is 1. The second-order valence-corrected chi connectivity index (χ2v) is 5.71. The number of nitrogens with one attached hydrogen (secondary N) is 1. The molecule has 7 nitrogen and oxygen atoms in total. The number of H-pyrrole nitrogens is 1. The molecular formula is C16H19N5O2. The fraction of sp³-hybridized carbons (Fsp3) is 0.438. The number of rotatable bonds is 2. The highest BCUT2D eigenvalue weighted by atomic mass is 16.5. The molecule has 0 aliphatic carbocycles. The predicted octanol–water partition coefficient (Wildman–Crippen LogP) is 1.45. The van der Waals surface area contributed by atoms with Crippen molar-refractivity contribution in [3.8, 4) is 6.07 Å². The summed E-state index contributed by atoms with van der Waals surface area (Å²) in [5.74, 6) is -0.0984. The first-order valence-electron chi connectivity index (χ1n) is 7.50. The van der Waals surface area contributed by atoms with Crippen LogP contribution in [0.4, 0.5) is 0 Å². The van der Waals surface area contributed by atoms with Crippen molar-refractivity contribution in [2.75, 3.05) is 19.8 Å². The average Bonchev–Trinajstić information content (AvgIpc) is 3.12. The van der Waals surface area contributed by atoms with E-state index < -0.39 is 0 Å². The summed E-state index contributed by atoms with van der Waals surface area (Å²) in [7, 11) is 1.90. The first kappa shape index (κ1) is 15.3. The van der Waals surface area contributed by atoms with Crippen molar-refractivity contribution >= 4 is 5.91 Å². The summed E-state index contributed by atoms with van der Waals surface area (Å²) in [6, 6.07) is 3.42. The summed E-state index contributed by atoms with van der Waals surface area (Å²) in [6.45, 7) is 5.43. The van der Waals surface area contributed by atoms with Crippen LogP contribution in [-0.4, -0.2) is 45.3 Å². The van der Waals surface area contributed by atoms with E-state index in [2.05, 4.69) is 10.1 Å². The Balaban J connectivity index is 1.95. The molecule has 0 radical (unpaired) electrons. The third-order valence-electron chi connectivity index (χ3n) is 4.34. The molecule has 3 rings (SSSR count). The van der Waals surface area contributed by atoms with Crippen molar-refractivity contribution in [3.05, 3.63) is 40.5 Å². The zero-order valence-corrected chi connectivity index (χ0v) is 13.5. The largest absolute Gasteiger partial charge is 0.377 e. The lowest BCUT2D eigenvalue weighted by atomic mass is 10.0. The van der Waals surface area contributed by atoms with Crippen LogP contribution < -0.4 is 0 Å². The van der Waals surface area contributed by atoms with E-state index in [0.717, 1.165) is 17.0 Å². The van der Waals surface area contributed by atoms with Crippen LogP contribution in [0.1, 0.15) is 39.0 Å². The highest BCUT2D eigenvalue weighted by Gasteiger charge is 2.33. The molecule has 1 fully saturated rings. The van der Waals surface area contributed by atoms with E-state index >= 15 is 0 Å². The highest BCUT2D eigenvalue weighted by molar-refractivity contribution is 5.94. The Bertz CT molecular complexity index is 783. The highest BCUT2D eigenvalue weighted by Crippen LogP contribution is 2.30. The normalized spacial score (nSPS) is 18.0. The number of hydrogen-bond acceptors (Lipinski definition) is 4. The maximum absolute atomic E-state index is 12.9. The van der Waals surface area contributed by atoms with E-state index in [4.69, 9.17) is 10.00 Å². The molecule has 0 spiro atoms. The lowest BCUT2D eigenvalue weighted by Gasteiger charge is -2.36. The van der Waals surface area contributed by atoms with Gasteiger partial charge in [0.2, 0.25) is 0 Å². The fourth-order valence-electron chi connectivity index (χ4n) is 3.11. The van der Waals surface area contributed by atoms with Gasteiger partial charge in [-0.2, -0.15) is 10.4 Å². The Labute approximate surface area is 134 Å². The van der Waals surface area contributed by atoms with Crippen molar-refractivity contribution in [1.29, 1.82) is 5.26 Å². The molecule has 2 aromatic rings. The molecule has 7 heteroatoms. The lowest BCUT2D eigenvalue weighted by Crippen LogP contribution is -2.43. The number of hydrogen-bond donors (Lipinski definition) is 1. The molecule has 1 unspecified atom stereocenters. The molecule has 0 bridgehead atoms. The second kappa shape index (κ2) is 5.89. The molecule has 1 amide bonds. The Morgan fingerprint density at radius 2 is 2.30 bits per heavy atom. The number of carbonyl (C=O) groups excluding carboxylic acids is 1. The van der Waals surface area contributed by atoms with Crippen LogP contribution >= 0.6 is 0 Å². The standard InChI is InChI=1S/C16H19N5O2/c1-10-15(11(2)20(3)19-10)14-9-23-5-4-21(14)16(22)12-6-13(7-17)18-8-12/h6,8,14,18H,4-5,9H2,1-3H3. The van der Waals surface area contributed by atoms with Gasteiger partial charge in [-0.25, -0.2) is 0 Å². The van der Waals surface area contributed by atoms with Crippen LogP contribution in [0.5, 0.6) is 0 Å². The number of morpholine rings is 1. The van der Waals surface area contributed by atoms with Crippen LogP contribution in [0.2, 0.25) is 0 Å². The molecule has 1 aliphatic heterocycles. The summed E-state index contributed by atoms with van der Waals surface area (Å²) < 4.78 is 7.43. The van der Waals surface area contributed by atoms with Gasteiger partial charge in [0.05, 0.1) is 30.5 Å². The van der Waals surface area contributed by atoms with Crippen LogP contribution in [-0.2, 0) is 11.8 Å². The molecule has 1 atom stereocenters. The molecule has 1 aliphatic rings. The quantitative estimate of drug-likeness (QED) is 0.909.